The van der Waals surface area contributed by atoms with E-state index in [1.807, 2.05) is 30.3 Å². The molecule has 2 N–H and O–H groups in total. The van der Waals surface area contributed by atoms with Gasteiger partial charge in [0.2, 0.25) is 6.10 Å². The van der Waals surface area contributed by atoms with Gasteiger partial charge in [0.1, 0.15) is 5.75 Å². The fourth-order valence-electron chi connectivity index (χ4n) is 2.23. The van der Waals surface area contributed by atoms with E-state index in [1.54, 1.807) is 25.1 Å². The van der Waals surface area contributed by atoms with E-state index in [4.69, 9.17) is 4.74 Å². The van der Waals surface area contributed by atoms with Crippen LogP contribution in [0.5, 0.6) is 5.75 Å². The Bertz CT molecular complexity index is 637. The molecule has 0 aromatic heterocycles. The summed E-state index contributed by atoms with van der Waals surface area (Å²) in [4.78, 5) is 12.1. The summed E-state index contributed by atoms with van der Waals surface area (Å²) in [7, 11) is 0. The molecule has 0 spiro atoms. The van der Waals surface area contributed by atoms with E-state index >= 15 is 0 Å². The Kier molecular flexibility index (Phi) is 3.16. The maximum absolute atomic E-state index is 12.1. The Hall–Kier alpha value is -2.33. The molecule has 0 saturated heterocycles. The van der Waals surface area contributed by atoms with Crippen LogP contribution < -0.4 is 10.1 Å². The first-order valence-electron chi connectivity index (χ1n) is 6.49. The zero-order valence-electron chi connectivity index (χ0n) is 11.0. The number of fused-ring (bicyclic) bond motifs is 1. The normalized spacial score (nSPS) is 18.7. The van der Waals surface area contributed by atoms with Gasteiger partial charge in [0.25, 0.3) is 5.91 Å². The van der Waals surface area contributed by atoms with Gasteiger partial charge in [-0.1, -0.05) is 36.4 Å². The van der Waals surface area contributed by atoms with Crippen LogP contribution >= 0.6 is 0 Å². The monoisotopic (exact) mass is 269 g/mol. The summed E-state index contributed by atoms with van der Waals surface area (Å²) in [6.07, 6.45) is -1.22. The highest BCUT2D eigenvalue weighted by atomic mass is 16.5. The predicted molar refractivity (Wildman–Crippen MR) is 75.5 cm³/mol. The van der Waals surface area contributed by atoms with Crippen molar-refractivity contribution in [2.75, 3.05) is 5.32 Å². The van der Waals surface area contributed by atoms with Crippen molar-refractivity contribution in [3.63, 3.8) is 0 Å². The summed E-state index contributed by atoms with van der Waals surface area (Å²) in [5.41, 5.74) is 2.15. The molecule has 102 valence electrons. The number of hydrogen-bond acceptors (Lipinski definition) is 3. The Morgan fingerprint density at radius 2 is 1.95 bits per heavy atom. The first kappa shape index (κ1) is 12.7. The van der Waals surface area contributed by atoms with E-state index in [-0.39, 0.29) is 5.91 Å². The molecular formula is C16H15NO3. The number of ether oxygens (including phenoxy) is 1. The second-order valence-electron chi connectivity index (χ2n) is 4.83. The van der Waals surface area contributed by atoms with Crippen molar-refractivity contribution < 1.29 is 14.6 Å². The quantitative estimate of drug-likeness (QED) is 0.881. The van der Waals surface area contributed by atoms with Gasteiger partial charge in [-0.25, -0.2) is 0 Å². The summed E-state index contributed by atoms with van der Waals surface area (Å²) in [6, 6.07) is 14.7. The van der Waals surface area contributed by atoms with Crippen LogP contribution in [-0.4, -0.2) is 11.0 Å². The van der Waals surface area contributed by atoms with Crippen LogP contribution in [-0.2, 0) is 4.79 Å². The lowest BCUT2D eigenvalue weighted by molar-refractivity contribution is -0.123. The zero-order valence-corrected chi connectivity index (χ0v) is 11.0. The second kappa shape index (κ2) is 4.98. The molecule has 4 nitrogen and oxygen atoms in total. The molecule has 0 saturated carbocycles. The number of carbonyl (C=O) groups excluding carboxylic acids is 1. The molecule has 4 heteroatoms. The molecule has 1 amide bonds. The summed E-state index contributed by atoms with van der Waals surface area (Å²) < 4.78 is 5.77. The maximum Gasteiger partial charge on any atom is 0.270 e. The summed E-state index contributed by atoms with van der Waals surface area (Å²) in [5, 5.41) is 12.4. The number of nitrogens with one attached hydrogen (secondary N) is 1. The Morgan fingerprint density at radius 3 is 2.65 bits per heavy atom. The van der Waals surface area contributed by atoms with Crippen LogP contribution in [0.15, 0.2) is 48.5 Å². The molecule has 1 aliphatic rings. The van der Waals surface area contributed by atoms with Gasteiger partial charge in [-0.2, -0.15) is 0 Å². The van der Waals surface area contributed by atoms with E-state index in [2.05, 4.69) is 5.32 Å². The number of rotatable bonds is 2. The lowest BCUT2D eigenvalue weighted by Gasteiger charge is -2.26. The van der Waals surface area contributed by atoms with Crippen LogP contribution in [0.4, 0.5) is 5.69 Å². The third-order valence-corrected chi connectivity index (χ3v) is 3.33. The van der Waals surface area contributed by atoms with E-state index in [0.29, 0.717) is 11.4 Å². The number of amides is 1. The van der Waals surface area contributed by atoms with E-state index < -0.39 is 12.2 Å². The molecule has 3 rings (SSSR count). The Labute approximate surface area is 117 Å². The van der Waals surface area contributed by atoms with Gasteiger partial charge in [0, 0.05) is 5.56 Å². The third kappa shape index (κ3) is 2.26. The van der Waals surface area contributed by atoms with Gasteiger partial charge in [-0.05, 0) is 24.6 Å². The maximum atomic E-state index is 12.1. The molecule has 2 aromatic rings. The van der Waals surface area contributed by atoms with Crippen molar-refractivity contribution in [3.05, 3.63) is 59.7 Å². The van der Waals surface area contributed by atoms with Gasteiger partial charge in [0.05, 0.1) is 11.8 Å². The van der Waals surface area contributed by atoms with Crippen molar-refractivity contribution >= 4 is 11.6 Å². The van der Waals surface area contributed by atoms with Crippen LogP contribution in [0, 0.1) is 0 Å². The highest BCUT2D eigenvalue weighted by Gasteiger charge is 2.29. The SMILES string of the molecule is CC(O)c1ccc2c(c1)NC(=O)C(c1ccccc1)O2. The van der Waals surface area contributed by atoms with Crippen molar-refractivity contribution in [1.82, 2.24) is 0 Å². The molecule has 0 radical (unpaired) electrons. The Morgan fingerprint density at radius 1 is 1.20 bits per heavy atom. The molecule has 0 bridgehead atoms. The van der Waals surface area contributed by atoms with Gasteiger partial charge in [-0.15, -0.1) is 0 Å². The molecule has 0 aliphatic carbocycles. The van der Waals surface area contributed by atoms with Crippen molar-refractivity contribution in [1.29, 1.82) is 0 Å². The number of benzene rings is 2. The first-order valence-corrected chi connectivity index (χ1v) is 6.49. The molecule has 1 aliphatic heterocycles. The predicted octanol–water partition coefficient (Wildman–Crippen LogP) is 2.81. The minimum absolute atomic E-state index is 0.202. The lowest BCUT2D eigenvalue weighted by atomic mass is 10.0. The average Bonchev–Trinajstić information content (AvgIpc) is 2.46. The number of aliphatic hydroxyl groups excluding tert-OH is 1. The summed E-state index contributed by atoms with van der Waals surface area (Å²) in [6.45, 7) is 1.68. The molecule has 2 atom stereocenters. The van der Waals surface area contributed by atoms with Gasteiger partial charge < -0.3 is 15.2 Å². The second-order valence-corrected chi connectivity index (χ2v) is 4.83. The summed E-state index contributed by atoms with van der Waals surface area (Å²) in [5.74, 6) is 0.411. The molecule has 20 heavy (non-hydrogen) atoms. The fraction of sp³-hybridized carbons (Fsp3) is 0.188. The fourth-order valence-corrected chi connectivity index (χ4v) is 2.23. The van der Waals surface area contributed by atoms with Crippen LogP contribution in [0.3, 0.4) is 0 Å². The highest BCUT2D eigenvalue weighted by molar-refractivity contribution is 5.98. The largest absolute Gasteiger partial charge is 0.474 e. The standard InChI is InChI=1S/C16H15NO3/c1-10(18)12-7-8-14-13(9-12)17-16(19)15(20-14)11-5-3-2-4-6-11/h2-10,15,18H,1H3,(H,17,19). The number of hydrogen-bond donors (Lipinski definition) is 2. The van der Waals surface area contributed by atoms with Crippen LogP contribution in [0.2, 0.25) is 0 Å². The Balaban J connectivity index is 1.94. The van der Waals surface area contributed by atoms with E-state index in [9.17, 15) is 9.90 Å². The lowest BCUT2D eigenvalue weighted by Crippen LogP contribution is -2.30. The zero-order chi connectivity index (χ0) is 14.1. The van der Waals surface area contributed by atoms with Crippen molar-refractivity contribution in [3.8, 4) is 5.75 Å². The van der Waals surface area contributed by atoms with Gasteiger partial charge >= 0.3 is 0 Å². The number of aliphatic hydroxyl groups is 1. The number of carbonyl (C=O) groups is 1. The highest BCUT2D eigenvalue weighted by Crippen LogP contribution is 2.36. The van der Waals surface area contributed by atoms with E-state index in [1.165, 1.54) is 0 Å². The molecule has 2 unspecified atom stereocenters. The van der Waals surface area contributed by atoms with Crippen LogP contribution in [0.25, 0.3) is 0 Å². The first-order chi connectivity index (χ1) is 9.65. The topological polar surface area (TPSA) is 58.6 Å². The van der Waals surface area contributed by atoms with Gasteiger partial charge in [0.15, 0.2) is 0 Å². The smallest absolute Gasteiger partial charge is 0.270 e. The average molecular weight is 269 g/mol. The minimum atomic E-state index is -0.638. The van der Waals surface area contributed by atoms with Crippen molar-refractivity contribution in [2.24, 2.45) is 0 Å². The van der Waals surface area contributed by atoms with Crippen LogP contribution in [0.1, 0.15) is 30.3 Å². The molecule has 0 fully saturated rings. The molecule has 1 heterocycles. The van der Waals surface area contributed by atoms with Gasteiger partial charge in [-0.3, -0.25) is 4.79 Å². The molecule has 2 aromatic carbocycles. The van der Waals surface area contributed by atoms with Crippen molar-refractivity contribution in [2.45, 2.75) is 19.1 Å². The number of anilines is 1. The third-order valence-electron chi connectivity index (χ3n) is 3.33. The van der Waals surface area contributed by atoms with E-state index in [0.717, 1.165) is 11.1 Å². The molecular weight excluding hydrogens is 254 g/mol. The minimum Gasteiger partial charge on any atom is -0.474 e. The summed E-state index contributed by atoms with van der Waals surface area (Å²) >= 11 is 0.